The fourth-order valence-electron chi connectivity index (χ4n) is 1.90. The van der Waals surface area contributed by atoms with Gasteiger partial charge < -0.3 is 20.2 Å². The lowest BCUT2D eigenvalue weighted by Crippen LogP contribution is -2.47. The Hall–Kier alpha value is -0.650. The summed E-state index contributed by atoms with van der Waals surface area (Å²) in [6.07, 6.45) is 0.563. The average Bonchev–Trinajstić information content (AvgIpc) is 2.35. The highest BCUT2D eigenvalue weighted by atomic mass is 16.3. The van der Waals surface area contributed by atoms with Gasteiger partial charge in [-0.15, -0.1) is 0 Å². The van der Waals surface area contributed by atoms with Gasteiger partial charge in [-0.05, 0) is 6.54 Å². The summed E-state index contributed by atoms with van der Waals surface area (Å²) >= 11 is 0. The highest BCUT2D eigenvalue weighted by molar-refractivity contribution is 5.76. The van der Waals surface area contributed by atoms with Crippen molar-refractivity contribution >= 4 is 5.91 Å². The van der Waals surface area contributed by atoms with Crippen LogP contribution in [0.3, 0.4) is 0 Å². The summed E-state index contributed by atoms with van der Waals surface area (Å²) in [6, 6.07) is 0. The van der Waals surface area contributed by atoms with E-state index in [4.69, 9.17) is 5.11 Å². The lowest BCUT2D eigenvalue weighted by atomic mass is 10.3. The second-order valence-electron chi connectivity index (χ2n) is 4.04. The summed E-state index contributed by atoms with van der Waals surface area (Å²) in [6.45, 7) is 7.96. The summed E-state index contributed by atoms with van der Waals surface area (Å²) in [5, 5.41) is 12.1. The van der Waals surface area contributed by atoms with Crippen molar-refractivity contribution in [2.45, 2.75) is 13.3 Å². The Morgan fingerprint density at radius 3 is 2.62 bits per heavy atom. The maximum absolute atomic E-state index is 11.8. The number of carbonyl (C=O) groups is 1. The number of aliphatic hydroxyl groups excluding tert-OH is 1. The van der Waals surface area contributed by atoms with E-state index in [9.17, 15) is 4.79 Å². The zero-order valence-corrected chi connectivity index (χ0v) is 10.1. The minimum Gasteiger partial charge on any atom is -0.395 e. The molecule has 0 aliphatic carbocycles. The topological polar surface area (TPSA) is 55.8 Å². The number of hydrogen-bond donors (Lipinski definition) is 2. The fourth-order valence-corrected chi connectivity index (χ4v) is 1.90. The summed E-state index contributed by atoms with van der Waals surface area (Å²) in [7, 11) is 0. The molecule has 5 nitrogen and oxygen atoms in total. The van der Waals surface area contributed by atoms with Crippen LogP contribution in [-0.2, 0) is 4.79 Å². The average molecular weight is 229 g/mol. The predicted molar refractivity (Wildman–Crippen MR) is 63.3 cm³/mol. The Labute approximate surface area is 97.4 Å². The van der Waals surface area contributed by atoms with Crippen molar-refractivity contribution in [3.05, 3.63) is 0 Å². The molecule has 0 saturated carbocycles. The van der Waals surface area contributed by atoms with Gasteiger partial charge in [-0.1, -0.05) is 6.92 Å². The first-order valence-electron chi connectivity index (χ1n) is 6.09. The number of piperazine rings is 1. The van der Waals surface area contributed by atoms with Gasteiger partial charge in [0.1, 0.15) is 0 Å². The molecule has 1 rings (SSSR count). The molecule has 16 heavy (non-hydrogen) atoms. The summed E-state index contributed by atoms with van der Waals surface area (Å²) in [5.74, 6) is 0.234. The molecule has 0 spiro atoms. The van der Waals surface area contributed by atoms with E-state index in [0.717, 1.165) is 39.3 Å². The SMILES string of the molecule is CCN(CCO)CCC(=O)N1CCNCC1. The molecule has 0 aromatic heterocycles. The number of rotatable bonds is 6. The number of nitrogens with one attached hydrogen (secondary N) is 1. The highest BCUT2D eigenvalue weighted by Gasteiger charge is 2.16. The Morgan fingerprint density at radius 1 is 1.38 bits per heavy atom. The number of amides is 1. The van der Waals surface area contributed by atoms with Crippen molar-refractivity contribution in [1.82, 2.24) is 15.1 Å². The molecule has 1 saturated heterocycles. The van der Waals surface area contributed by atoms with Gasteiger partial charge in [0, 0.05) is 45.7 Å². The zero-order valence-electron chi connectivity index (χ0n) is 10.1. The van der Waals surface area contributed by atoms with Crippen molar-refractivity contribution in [1.29, 1.82) is 0 Å². The van der Waals surface area contributed by atoms with E-state index in [1.54, 1.807) is 0 Å². The van der Waals surface area contributed by atoms with E-state index in [0.29, 0.717) is 13.0 Å². The summed E-state index contributed by atoms with van der Waals surface area (Å²) < 4.78 is 0. The molecule has 1 aliphatic heterocycles. The van der Waals surface area contributed by atoms with Crippen LogP contribution in [0.5, 0.6) is 0 Å². The largest absolute Gasteiger partial charge is 0.395 e. The van der Waals surface area contributed by atoms with Crippen molar-refractivity contribution < 1.29 is 9.90 Å². The van der Waals surface area contributed by atoms with E-state index >= 15 is 0 Å². The number of aliphatic hydroxyl groups is 1. The molecule has 2 N–H and O–H groups in total. The van der Waals surface area contributed by atoms with Crippen LogP contribution in [0.1, 0.15) is 13.3 Å². The molecule has 1 fully saturated rings. The Balaban J connectivity index is 2.22. The molecule has 1 heterocycles. The van der Waals surface area contributed by atoms with Gasteiger partial charge in [-0.3, -0.25) is 4.79 Å². The molecule has 0 bridgehead atoms. The van der Waals surface area contributed by atoms with E-state index in [1.807, 2.05) is 11.8 Å². The number of likely N-dealkylation sites (N-methyl/N-ethyl adjacent to an activating group) is 1. The minimum absolute atomic E-state index is 0.162. The van der Waals surface area contributed by atoms with Crippen LogP contribution in [0.4, 0.5) is 0 Å². The smallest absolute Gasteiger partial charge is 0.223 e. The molecule has 0 aromatic rings. The van der Waals surface area contributed by atoms with E-state index in [-0.39, 0.29) is 12.5 Å². The quantitative estimate of drug-likeness (QED) is 0.621. The Bertz CT molecular complexity index is 205. The standard InChI is InChI=1S/C11H23N3O2/c1-2-13(9-10-15)6-3-11(16)14-7-4-12-5-8-14/h12,15H,2-10H2,1H3. The molecule has 0 unspecified atom stereocenters. The monoisotopic (exact) mass is 229 g/mol. The molecule has 1 aliphatic rings. The van der Waals surface area contributed by atoms with Gasteiger partial charge in [0.2, 0.25) is 5.91 Å². The molecular formula is C11H23N3O2. The van der Waals surface area contributed by atoms with Crippen LogP contribution in [0.25, 0.3) is 0 Å². The predicted octanol–water partition coefficient (Wildman–Crippen LogP) is -0.877. The lowest BCUT2D eigenvalue weighted by molar-refractivity contribution is -0.132. The molecular weight excluding hydrogens is 206 g/mol. The minimum atomic E-state index is 0.162. The van der Waals surface area contributed by atoms with Crippen molar-refractivity contribution in [3.63, 3.8) is 0 Å². The third-order valence-electron chi connectivity index (χ3n) is 2.98. The molecule has 0 atom stereocenters. The van der Waals surface area contributed by atoms with Gasteiger partial charge in [-0.2, -0.15) is 0 Å². The molecule has 94 valence electrons. The molecule has 5 heteroatoms. The van der Waals surface area contributed by atoms with E-state index in [2.05, 4.69) is 10.2 Å². The van der Waals surface area contributed by atoms with Crippen LogP contribution in [0.2, 0.25) is 0 Å². The lowest BCUT2D eigenvalue weighted by Gasteiger charge is -2.28. The summed E-state index contributed by atoms with van der Waals surface area (Å²) in [4.78, 5) is 15.8. The first-order valence-corrected chi connectivity index (χ1v) is 6.09. The van der Waals surface area contributed by atoms with Crippen LogP contribution in [0.15, 0.2) is 0 Å². The van der Waals surface area contributed by atoms with Gasteiger partial charge in [-0.25, -0.2) is 0 Å². The Kier molecular flexibility index (Phi) is 6.37. The number of nitrogens with zero attached hydrogens (tertiary/aromatic N) is 2. The van der Waals surface area contributed by atoms with Crippen molar-refractivity contribution in [3.8, 4) is 0 Å². The third-order valence-corrected chi connectivity index (χ3v) is 2.98. The second kappa shape index (κ2) is 7.60. The molecule has 0 aromatic carbocycles. The normalized spacial score (nSPS) is 16.8. The maximum Gasteiger partial charge on any atom is 0.223 e. The van der Waals surface area contributed by atoms with E-state index in [1.165, 1.54) is 0 Å². The van der Waals surface area contributed by atoms with Gasteiger partial charge >= 0.3 is 0 Å². The summed E-state index contributed by atoms with van der Waals surface area (Å²) in [5.41, 5.74) is 0. The highest BCUT2D eigenvalue weighted by Crippen LogP contribution is 1.99. The second-order valence-corrected chi connectivity index (χ2v) is 4.04. The van der Waals surface area contributed by atoms with Gasteiger partial charge in [0.05, 0.1) is 6.61 Å². The zero-order chi connectivity index (χ0) is 11.8. The van der Waals surface area contributed by atoms with Gasteiger partial charge in [0.25, 0.3) is 0 Å². The van der Waals surface area contributed by atoms with Crippen LogP contribution in [0, 0.1) is 0 Å². The maximum atomic E-state index is 11.8. The molecule has 1 amide bonds. The molecule has 0 radical (unpaired) electrons. The first kappa shape index (κ1) is 13.4. The van der Waals surface area contributed by atoms with Crippen molar-refractivity contribution in [2.24, 2.45) is 0 Å². The van der Waals surface area contributed by atoms with Crippen LogP contribution in [-0.4, -0.2) is 73.2 Å². The van der Waals surface area contributed by atoms with Crippen LogP contribution < -0.4 is 5.32 Å². The fraction of sp³-hybridized carbons (Fsp3) is 0.909. The van der Waals surface area contributed by atoms with E-state index < -0.39 is 0 Å². The first-order chi connectivity index (χ1) is 7.77. The Morgan fingerprint density at radius 2 is 2.06 bits per heavy atom. The third kappa shape index (κ3) is 4.47. The number of hydrogen-bond acceptors (Lipinski definition) is 4. The number of carbonyl (C=O) groups excluding carboxylic acids is 1. The van der Waals surface area contributed by atoms with Gasteiger partial charge in [0.15, 0.2) is 0 Å². The van der Waals surface area contributed by atoms with Crippen LogP contribution >= 0.6 is 0 Å². The van der Waals surface area contributed by atoms with Crippen molar-refractivity contribution in [2.75, 3.05) is 52.4 Å².